The number of pyridine rings is 1. The molecular formula is C28H49N5O. The van der Waals surface area contributed by atoms with Gasteiger partial charge in [-0.05, 0) is 89.2 Å². The maximum Gasteiger partial charge on any atom is 0.185 e. The van der Waals surface area contributed by atoms with E-state index in [1.54, 1.807) is 12.3 Å². The number of ether oxygens (including phenoxy) is 1. The van der Waals surface area contributed by atoms with Crippen molar-refractivity contribution >= 4 is 17.9 Å². The molecule has 34 heavy (non-hydrogen) atoms. The highest BCUT2D eigenvalue weighted by molar-refractivity contribution is 5.74. The highest BCUT2D eigenvalue weighted by Crippen LogP contribution is 2.50. The van der Waals surface area contributed by atoms with Crippen LogP contribution in [-0.2, 0) is 11.3 Å². The first-order valence-corrected chi connectivity index (χ1v) is 13.4. The highest BCUT2D eigenvalue weighted by Gasteiger charge is 2.41. The number of aliphatic imine (C=N–C) groups is 1. The Labute approximate surface area is 208 Å². The van der Waals surface area contributed by atoms with Crippen LogP contribution in [0.4, 0.5) is 11.6 Å². The maximum absolute atomic E-state index is 6.06. The molecule has 3 N–H and O–H groups in total. The van der Waals surface area contributed by atoms with Crippen LogP contribution in [-0.4, -0.2) is 36.9 Å². The number of aromatic nitrogens is 1. The summed E-state index contributed by atoms with van der Waals surface area (Å²) < 4.78 is 5.77. The molecule has 3 fully saturated rings. The zero-order valence-electron chi connectivity index (χ0n) is 22.3. The van der Waals surface area contributed by atoms with Crippen molar-refractivity contribution in [3.63, 3.8) is 0 Å². The third-order valence-corrected chi connectivity index (χ3v) is 7.26. The van der Waals surface area contributed by atoms with E-state index in [0.29, 0.717) is 24.2 Å². The van der Waals surface area contributed by atoms with Gasteiger partial charge >= 0.3 is 0 Å². The van der Waals surface area contributed by atoms with Gasteiger partial charge in [-0.2, -0.15) is 0 Å². The van der Waals surface area contributed by atoms with Crippen molar-refractivity contribution in [1.29, 1.82) is 0 Å². The Balaban J connectivity index is 0.00000140. The van der Waals surface area contributed by atoms with Gasteiger partial charge in [0, 0.05) is 37.9 Å². The SMILES string of the molecule is CC.CNCc1ccc(N=C/C=C(\N)OCCC(C2CC2)C2CC2)nc1N1CC(C)CC1(C)C.[HH]. The number of hydrogen-bond donors (Lipinski definition) is 2. The highest BCUT2D eigenvalue weighted by atomic mass is 16.5. The maximum atomic E-state index is 6.06. The van der Waals surface area contributed by atoms with Gasteiger partial charge in [-0.15, -0.1) is 0 Å². The molecule has 1 unspecified atom stereocenters. The molecule has 0 aromatic carbocycles. The fraction of sp³-hybridized carbons (Fsp3) is 0.714. The Bertz CT molecular complexity index is 836. The quantitative estimate of drug-likeness (QED) is 0.304. The molecule has 1 saturated heterocycles. The lowest BCUT2D eigenvalue weighted by Gasteiger charge is -2.34. The molecule has 0 radical (unpaired) electrons. The number of rotatable bonds is 11. The number of anilines is 1. The van der Waals surface area contributed by atoms with Crippen LogP contribution in [0, 0.1) is 23.7 Å². The second-order valence-corrected chi connectivity index (χ2v) is 10.7. The van der Waals surface area contributed by atoms with E-state index in [2.05, 4.69) is 42.0 Å². The lowest BCUT2D eigenvalue weighted by Crippen LogP contribution is -2.39. The summed E-state index contributed by atoms with van der Waals surface area (Å²) in [5, 5.41) is 3.27. The van der Waals surface area contributed by atoms with Gasteiger partial charge in [-0.25, -0.2) is 9.98 Å². The molecule has 0 spiro atoms. The van der Waals surface area contributed by atoms with E-state index in [1.165, 1.54) is 37.7 Å². The van der Waals surface area contributed by atoms with Gasteiger partial charge < -0.3 is 20.7 Å². The van der Waals surface area contributed by atoms with E-state index in [0.717, 1.165) is 43.1 Å². The largest absolute Gasteiger partial charge is 0.479 e. The average molecular weight is 472 g/mol. The van der Waals surface area contributed by atoms with E-state index < -0.39 is 0 Å². The van der Waals surface area contributed by atoms with Crippen molar-refractivity contribution in [2.45, 2.75) is 85.2 Å². The number of nitrogens with zero attached hydrogens (tertiary/aromatic N) is 3. The molecular weight excluding hydrogens is 422 g/mol. The Morgan fingerprint density at radius 3 is 2.53 bits per heavy atom. The topological polar surface area (TPSA) is 75.8 Å². The molecule has 1 atom stereocenters. The van der Waals surface area contributed by atoms with E-state index in [1.807, 2.05) is 27.0 Å². The lowest BCUT2D eigenvalue weighted by molar-refractivity contribution is 0.175. The monoisotopic (exact) mass is 471 g/mol. The van der Waals surface area contributed by atoms with Gasteiger partial charge in [0.05, 0.1) is 6.61 Å². The summed E-state index contributed by atoms with van der Waals surface area (Å²) in [5.74, 6) is 5.57. The number of hydrogen-bond acceptors (Lipinski definition) is 6. The van der Waals surface area contributed by atoms with Crippen LogP contribution >= 0.6 is 0 Å². The smallest absolute Gasteiger partial charge is 0.185 e. The summed E-state index contributed by atoms with van der Waals surface area (Å²) in [4.78, 5) is 11.9. The second kappa shape index (κ2) is 12.1. The normalized spacial score (nSPS) is 22.3. The standard InChI is InChI=1S/C26H41N5O.C2H6.H2/c1-18-15-26(2,3)31(17-18)25-21(16-28-4)9-10-24(30-25)29-13-11-23(27)32-14-12-22(19-5-6-19)20-7-8-20;1-2;/h9-11,13,18-20,22,28H,5-8,12,14-17,27H2,1-4H3;1-2H3;1H/b23-11+,29-13?;;. The fourth-order valence-corrected chi connectivity index (χ4v) is 5.51. The first-order valence-electron chi connectivity index (χ1n) is 13.4. The molecule has 0 amide bonds. The molecule has 6 heteroatoms. The van der Waals surface area contributed by atoms with Crippen LogP contribution < -0.4 is 16.0 Å². The lowest BCUT2D eigenvalue weighted by atomic mass is 9.95. The molecule has 192 valence electrons. The van der Waals surface area contributed by atoms with Crippen LogP contribution in [0.3, 0.4) is 0 Å². The van der Waals surface area contributed by atoms with Gasteiger partial charge in [0.2, 0.25) is 0 Å². The Morgan fingerprint density at radius 2 is 1.97 bits per heavy atom. The molecule has 1 aliphatic heterocycles. The first-order chi connectivity index (χ1) is 16.4. The fourth-order valence-electron chi connectivity index (χ4n) is 5.51. The molecule has 2 heterocycles. The van der Waals surface area contributed by atoms with Crippen molar-refractivity contribution in [3.05, 3.63) is 29.7 Å². The Morgan fingerprint density at radius 1 is 1.29 bits per heavy atom. The van der Waals surface area contributed by atoms with Crippen LogP contribution in [0.15, 0.2) is 29.1 Å². The zero-order chi connectivity index (χ0) is 24.7. The van der Waals surface area contributed by atoms with Gasteiger partial charge in [-0.3, -0.25) is 0 Å². The molecule has 3 aliphatic rings. The first kappa shape index (κ1) is 26.5. The molecule has 2 saturated carbocycles. The summed E-state index contributed by atoms with van der Waals surface area (Å²) in [5.41, 5.74) is 7.36. The minimum absolute atomic E-state index is 0. The zero-order valence-corrected chi connectivity index (χ0v) is 22.3. The molecule has 6 nitrogen and oxygen atoms in total. The van der Waals surface area contributed by atoms with Crippen LogP contribution in [0.2, 0.25) is 0 Å². The van der Waals surface area contributed by atoms with Gasteiger partial charge in [0.25, 0.3) is 0 Å². The van der Waals surface area contributed by atoms with E-state index >= 15 is 0 Å². The summed E-state index contributed by atoms with van der Waals surface area (Å²) in [7, 11) is 1.97. The van der Waals surface area contributed by atoms with Crippen LogP contribution in [0.1, 0.15) is 80.1 Å². The second-order valence-electron chi connectivity index (χ2n) is 10.7. The van der Waals surface area contributed by atoms with E-state index in [9.17, 15) is 0 Å². The predicted octanol–water partition coefficient (Wildman–Crippen LogP) is 6.04. The summed E-state index contributed by atoms with van der Waals surface area (Å²) in [6, 6.07) is 4.10. The number of nitrogens with one attached hydrogen (secondary N) is 1. The van der Waals surface area contributed by atoms with Gasteiger partial charge in [-0.1, -0.05) is 26.8 Å². The predicted molar refractivity (Wildman–Crippen MR) is 146 cm³/mol. The molecule has 0 bridgehead atoms. The van der Waals surface area contributed by atoms with Crippen molar-refractivity contribution in [2.75, 3.05) is 25.1 Å². The van der Waals surface area contributed by atoms with E-state index in [-0.39, 0.29) is 6.97 Å². The minimum atomic E-state index is 0. The third-order valence-electron chi connectivity index (χ3n) is 7.26. The van der Waals surface area contributed by atoms with Gasteiger partial charge in [0.15, 0.2) is 11.7 Å². The Kier molecular flexibility index (Phi) is 9.40. The van der Waals surface area contributed by atoms with Crippen molar-refractivity contribution in [1.82, 2.24) is 10.3 Å². The minimum Gasteiger partial charge on any atom is -0.479 e. The number of allylic oxidation sites excluding steroid dienone is 1. The van der Waals surface area contributed by atoms with Gasteiger partial charge in [0.1, 0.15) is 5.82 Å². The van der Waals surface area contributed by atoms with Crippen molar-refractivity contribution < 1.29 is 6.16 Å². The molecule has 1 aromatic rings. The molecule has 2 aliphatic carbocycles. The summed E-state index contributed by atoms with van der Waals surface area (Å²) >= 11 is 0. The van der Waals surface area contributed by atoms with E-state index in [4.69, 9.17) is 15.5 Å². The van der Waals surface area contributed by atoms with Crippen LogP contribution in [0.5, 0.6) is 0 Å². The van der Waals surface area contributed by atoms with Crippen molar-refractivity contribution in [2.24, 2.45) is 34.4 Å². The summed E-state index contributed by atoms with van der Waals surface area (Å²) in [6.07, 6.45) is 11.4. The summed E-state index contributed by atoms with van der Waals surface area (Å²) in [6.45, 7) is 13.4. The third kappa shape index (κ3) is 7.21. The average Bonchev–Trinajstić information content (AvgIpc) is 3.72. The molecule has 4 rings (SSSR count). The Hall–Kier alpha value is -2.08. The van der Waals surface area contributed by atoms with Crippen LogP contribution in [0.25, 0.3) is 0 Å². The molecule has 1 aromatic heterocycles. The number of nitrogens with two attached hydrogens (primary N) is 1. The van der Waals surface area contributed by atoms with Crippen molar-refractivity contribution in [3.8, 4) is 0 Å².